The van der Waals surface area contributed by atoms with E-state index in [4.69, 9.17) is 4.74 Å². The van der Waals surface area contributed by atoms with Gasteiger partial charge < -0.3 is 20.1 Å². The van der Waals surface area contributed by atoms with Gasteiger partial charge in [-0.2, -0.15) is 0 Å². The molecule has 2 N–H and O–H groups in total. The number of ether oxygens (including phenoxy) is 1. The molecule has 18 heavy (non-hydrogen) atoms. The highest BCUT2D eigenvalue weighted by molar-refractivity contribution is 5.82. The van der Waals surface area contributed by atoms with Crippen molar-refractivity contribution in [2.75, 3.05) is 32.8 Å². The Morgan fingerprint density at radius 1 is 1.50 bits per heavy atom. The third-order valence-electron chi connectivity index (χ3n) is 3.89. The molecule has 2 aliphatic rings. The van der Waals surface area contributed by atoms with E-state index >= 15 is 0 Å². The molecule has 2 rings (SSSR count). The summed E-state index contributed by atoms with van der Waals surface area (Å²) in [6.45, 7) is 5.23. The number of likely N-dealkylation sites (tertiary alicyclic amines) is 1. The molecule has 2 aliphatic heterocycles. The van der Waals surface area contributed by atoms with Gasteiger partial charge in [0.1, 0.15) is 0 Å². The van der Waals surface area contributed by atoms with Gasteiger partial charge in [0.05, 0.1) is 11.6 Å². The Morgan fingerprint density at radius 3 is 2.89 bits per heavy atom. The second-order valence-corrected chi connectivity index (χ2v) is 5.35. The van der Waals surface area contributed by atoms with Crippen LogP contribution in [0.3, 0.4) is 0 Å². The first-order valence-electron chi connectivity index (χ1n) is 6.97. The van der Waals surface area contributed by atoms with Crippen LogP contribution in [0.1, 0.15) is 32.6 Å². The van der Waals surface area contributed by atoms with Crippen LogP contribution in [-0.2, 0) is 9.53 Å². The molecular weight excluding hydrogens is 232 g/mol. The minimum absolute atomic E-state index is 0.0628. The first-order chi connectivity index (χ1) is 8.64. The van der Waals surface area contributed by atoms with Crippen LogP contribution in [0.15, 0.2) is 0 Å². The van der Waals surface area contributed by atoms with E-state index < -0.39 is 5.60 Å². The van der Waals surface area contributed by atoms with Crippen LogP contribution >= 0.6 is 0 Å². The number of piperidine rings is 1. The molecule has 0 aliphatic carbocycles. The van der Waals surface area contributed by atoms with Crippen LogP contribution < -0.4 is 5.32 Å². The molecule has 2 heterocycles. The van der Waals surface area contributed by atoms with Crippen LogP contribution in [0.5, 0.6) is 0 Å². The number of β-amino-alcohol motifs (C(OH)–C–C–N with tert-alkyl or cyclic N) is 1. The highest BCUT2D eigenvalue weighted by Crippen LogP contribution is 2.24. The number of likely N-dealkylation sites (N-methyl/N-ethyl adjacent to an activating group) is 1. The Labute approximate surface area is 108 Å². The van der Waals surface area contributed by atoms with Gasteiger partial charge in [-0.1, -0.05) is 6.92 Å². The van der Waals surface area contributed by atoms with Gasteiger partial charge >= 0.3 is 0 Å². The van der Waals surface area contributed by atoms with Crippen LogP contribution in [0.4, 0.5) is 0 Å². The number of rotatable bonds is 4. The minimum Gasteiger partial charge on any atom is -0.388 e. The van der Waals surface area contributed by atoms with Crippen molar-refractivity contribution >= 4 is 5.91 Å². The fourth-order valence-corrected chi connectivity index (χ4v) is 2.80. The predicted molar refractivity (Wildman–Crippen MR) is 68.3 cm³/mol. The summed E-state index contributed by atoms with van der Waals surface area (Å²) in [4.78, 5) is 14.1. The molecule has 5 nitrogen and oxygen atoms in total. The summed E-state index contributed by atoms with van der Waals surface area (Å²) in [5.74, 6) is 0.142. The zero-order valence-electron chi connectivity index (χ0n) is 11.2. The first kappa shape index (κ1) is 13.8. The second-order valence-electron chi connectivity index (χ2n) is 5.35. The highest BCUT2D eigenvalue weighted by atomic mass is 16.5. The first-order valence-corrected chi connectivity index (χ1v) is 6.97. The number of nitrogens with one attached hydrogen (secondary N) is 1. The van der Waals surface area contributed by atoms with E-state index in [2.05, 4.69) is 5.32 Å². The molecule has 0 aromatic heterocycles. The SMILES string of the molecule is CCNC1CCCN(CC2(O)CCOCC2)C1=O. The van der Waals surface area contributed by atoms with Crippen molar-refractivity contribution in [1.29, 1.82) is 0 Å². The Kier molecular flexibility index (Phi) is 4.59. The van der Waals surface area contributed by atoms with Crippen molar-refractivity contribution in [3.8, 4) is 0 Å². The minimum atomic E-state index is -0.748. The van der Waals surface area contributed by atoms with E-state index in [9.17, 15) is 9.90 Å². The maximum Gasteiger partial charge on any atom is 0.239 e. The molecule has 0 aromatic rings. The zero-order chi connectivity index (χ0) is 13.0. The molecule has 1 unspecified atom stereocenters. The molecule has 0 aromatic carbocycles. The van der Waals surface area contributed by atoms with E-state index in [1.807, 2.05) is 11.8 Å². The normalized spacial score (nSPS) is 28.4. The van der Waals surface area contributed by atoms with Gasteiger partial charge in [-0.05, 0) is 19.4 Å². The van der Waals surface area contributed by atoms with Gasteiger partial charge in [-0.3, -0.25) is 4.79 Å². The summed E-state index contributed by atoms with van der Waals surface area (Å²) in [5, 5.41) is 13.7. The third-order valence-corrected chi connectivity index (χ3v) is 3.89. The van der Waals surface area contributed by atoms with Gasteiger partial charge in [-0.25, -0.2) is 0 Å². The smallest absolute Gasteiger partial charge is 0.239 e. The summed E-state index contributed by atoms with van der Waals surface area (Å²) < 4.78 is 5.26. The van der Waals surface area contributed by atoms with Crippen LogP contribution in [0.25, 0.3) is 0 Å². The lowest BCUT2D eigenvalue weighted by Gasteiger charge is -2.40. The number of carbonyl (C=O) groups excluding carboxylic acids is 1. The molecule has 0 bridgehead atoms. The monoisotopic (exact) mass is 256 g/mol. The Hall–Kier alpha value is -0.650. The van der Waals surface area contributed by atoms with E-state index in [1.165, 1.54) is 0 Å². The molecule has 1 atom stereocenters. The largest absolute Gasteiger partial charge is 0.388 e. The number of aliphatic hydroxyl groups is 1. The summed E-state index contributed by atoms with van der Waals surface area (Å²) >= 11 is 0. The number of carbonyl (C=O) groups is 1. The fraction of sp³-hybridized carbons (Fsp3) is 0.923. The van der Waals surface area contributed by atoms with Gasteiger partial charge in [-0.15, -0.1) is 0 Å². The Bertz CT molecular complexity index is 288. The van der Waals surface area contributed by atoms with Crippen LogP contribution in [0, 0.1) is 0 Å². The van der Waals surface area contributed by atoms with Crippen molar-refractivity contribution in [2.24, 2.45) is 0 Å². The predicted octanol–water partition coefficient (Wildman–Crippen LogP) is 0.128. The van der Waals surface area contributed by atoms with Crippen molar-refractivity contribution < 1.29 is 14.6 Å². The fourth-order valence-electron chi connectivity index (χ4n) is 2.80. The highest BCUT2D eigenvalue weighted by Gasteiger charge is 2.36. The Balaban J connectivity index is 1.93. The molecule has 104 valence electrons. The molecule has 5 heteroatoms. The zero-order valence-corrected chi connectivity index (χ0v) is 11.2. The topological polar surface area (TPSA) is 61.8 Å². The number of nitrogens with zero attached hydrogens (tertiary/aromatic N) is 1. The molecule has 2 fully saturated rings. The summed E-state index contributed by atoms with van der Waals surface area (Å²) in [5.41, 5.74) is -0.748. The summed E-state index contributed by atoms with van der Waals surface area (Å²) in [6, 6.07) is -0.0628. The van der Waals surface area contributed by atoms with Crippen molar-refractivity contribution in [1.82, 2.24) is 10.2 Å². The van der Waals surface area contributed by atoms with Gasteiger partial charge in [0.15, 0.2) is 0 Å². The average molecular weight is 256 g/mol. The summed E-state index contributed by atoms with van der Waals surface area (Å²) in [6.07, 6.45) is 3.17. The maximum absolute atomic E-state index is 12.3. The standard InChI is InChI=1S/C13H24N2O3/c1-2-14-11-4-3-7-15(12(11)16)10-13(17)5-8-18-9-6-13/h11,14,17H,2-10H2,1H3. The van der Waals surface area contributed by atoms with E-state index in [-0.39, 0.29) is 11.9 Å². The quantitative estimate of drug-likeness (QED) is 0.750. The number of hydrogen-bond acceptors (Lipinski definition) is 4. The average Bonchev–Trinajstić information content (AvgIpc) is 2.35. The molecule has 0 spiro atoms. The van der Waals surface area contributed by atoms with Crippen molar-refractivity contribution in [3.63, 3.8) is 0 Å². The van der Waals surface area contributed by atoms with Gasteiger partial charge in [0.2, 0.25) is 5.91 Å². The second kappa shape index (κ2) is 5.99. The molecule has 1 amide bonds. The van der Waals surface area contributed by atoms with E-state index in [1.54, 1.807) is 0 Å². The molecule has 0 radical (unpaired) electrons. The van der Waals surface area contributed by atoms with Crippen LogP contribution in [-0.4, -0.2) is 60.4 Å². The van der Waals surface area contributed by atoms with Gasteiger partial charge in [0.25, 0.3) is 0 Å². The van der Waals surface area contributed by atoms with Crippen molar-refractivity contribution in [2.45, 2.75) is 44.2 Å². The molecule has 2 saturated heterocycles. The Morgan fingerprint density at radius 2 is 2.22 bits per heavy atom. The third kappa shape index (κ3) is 3.22. The maximum atomic E-state index is 12.3. The number of hydrogen-bond donors (Lipinski definition) is 2. The lowest BCUT2D eigenvalue weighted by molar-refractivity contribution is -0.143. The number of amides is 1. The van der Waals surface area contributed by atoms with Crippen LogP contribution in [0.2, 0.25) is 0 Å². The van der Waals surface area contributed by atoms with E-state index in [0.717, 1.165) is 25.9 Å². The lowest BCUT2D eigenvalue weighted by atomic mass is 9.92. The van der Waals surface area contributed by atoms with Crippen molar-refractivity contribution in [3.05, 3.63) is 0 Å². The summed E-state index contributed by atoms with van der Waals surface area (Å²) in [7, 11) is 0. The molecular formula is C13H24N2O3. The molecule has 0 saturated carbocycles. The van der Waals surface area contributed by atoms with E-state index in [0.29, 0.717) is 32.6 Å². The lowest BCUT2D eigenvalue weighted by Crippen LogP contribution is -2.56. The van der Waals surface area contributed by atoms with Gasteiger partial charge in [0, 0.05) is 39.1 Å².